The molecule has 1 aliphatic carbocycles. The Morgan fingerprint density at radius 3 is 2.61 bits per heavy atom. The van der Waals surface area contributed by atoms with Crippen molar-refractivity contribution >= 4 is 64.5 Å². The van der Waals surface area contributed by atoms with E-state index in [9.17, 15) is 29.8 Å². The van der Waals surface area contributed by atoms with Gasteiger partial charge >= 0.3 is 7.12 Å². The number of aromatic hydroxyl groups is 1. The fraction of sp³-hybridized carbons (Fsp3) is 0.294. The Morgan fingerprint density at radius 1 is 1.13 bits per heavy atom. The number of hydrogen-bond acceptors (Lipinski definition) is 8. The van der Waals surface area contributed by atoms with Crippen LogP contribution in [0.15, 0.2) is 77.9 Å². The molecule has 0 radical (unpaired) electrons. The summed E-state index contributed by atoms with van der Waals surface area (Å²) in [6, 6.07) is 19.1. The van der Waals surface area contributed by atoms with Gasteiger partial charge in [-0.15, -0.1) is 0 Å². The van der Waals surface area contributed by atoms with Gasteiger partial charge in [-0.25, -0.2) is 4.90 Å². The molecule has 6 rings (SSSR count). The van der Waals surface area contributed by atoms with Crippen LogP contribution in [-0.4, -0.2) is 47.2 Å². The van der Waals surface area contributed by atoms with E-state index < -0.39 is 41.8 Å². The van der Waals surface area contributed by atoms with Gasteiger partial charge in [-0.2, -0.15) is 0 Å². The van der Waals surface area contributed by atoms with Crippen molar-refractivity contribution in [2.45, 2.75) is 38.6 Å². The third-order valence-corrected chi connectivity index (χ3v) is 10.0. The van der Waals surface area contributed by atoms with E-state index in [1.165, 1.54) is 31.4 Å². The minimum absolute atomic E-state index is 0.0826. The van der Waals surface area contributed by atoms with Crippen molar-refractivity contribution < 1.29 is 34.0 Å². The normalized spacial score (nSPS) is 23.0. The van der Waals surface area contributed by atoms with Crippen LogP contribution in [-0.2, 0) is 14.2 Å². The van der Waals surface area contributed by atoms with E-state index in [1.54, 1.807) is 6.07 Å². The second-order valence-corrected chi connectivity index (χ2v) is 13.1. The minimum Gasteiger partial charge on any atom is -0.504 e. The fourth-order valence-corrected chi connectivity index (χ4v) is 7.82. The van der Waals surface area contributed by atoms with Crippen molar-refractivity contribution in [3.05, 3.63) is 103 Å². The summed E-state index contributed by atoms with van der Waals surface area (Å²) in [5, 5.41) is 32.6. The van der Waals surface area contributed by atoms with Crippen LogP contribution in [0.1, 0.15) is 37.3 Å². The van der Waals surface area contributed by atoms with Gasteiger partial charge in [-0.1, -0.05) is 48.0 Å². The highest BCUT2D eigenvalue weighted by atomic mass is 127. The minimum atomic E-state index is -1.12. The zero-order valence-corrected chi connectivity index (χ0v) is 27.4. The van der Waals surface area contributed by atoms with E-state index in [-0.39, 0.29) is 29.4 Å². The molecule has 2 saturated heterocycles. The smallest absolute Gasteiger partial charge is 0.455 e. The highest BCUT2D eigenvalue weighted by Crippen LogP contribution is 2.51. The van der Waals surface area contributed by atoms with Gasteiger partial charge in [-0.3, -0.25) is 19.7 Å². The molecule has 2 heterocycles. The number of allylic oxidation sites excluding steroid dienone is 2. The Bertz CT molecular complexity index is 1780. The van der Waals surface area contributed by atoms with Gasteiger partial charge < -0.3 is 19.5 Å². The second kappa shape index (κ2) is 13.0. The number of methoxy groups -OCH3 is 1. The van der Waals surface area contributed by atoms with Gasteiger partial charge in [0, 0.05) is 12.1 Å². The molecule has 46 heavy (non-hydrogen) atoms. The van der Waals surface area contributed by atoms with Gasteiger partial charge in [0.1, 0.15) is 0 Å². The van der Waals surface area contributed by atoms with Crippen molar-refractivity contribution in [2.75, 3.05) is 12.0 Å². The lowest BCUT2D eigenvalue weighted by Crippen LogP contribution is -2.46. The Balaban J connectivity index is 1.30. The monoisotopic (exact) mass is 734 g/mol. The molecule has 2 N–H and O–H groups in total. The van der Waals surface area contributed by atoms with E-state index >= 15 is 0 Å². The summed E-state index contributed by atoms with van der Waals surface area (Å²) in [4.78, 5) is 39.5. The molecular weight excluding hydrogens is 702 g/mol. The van der Waals surface area contributed by atoms with Crippen molar-refractivity contribution in [2.24, 2.45) is 17.8 Å². The molecule has 3 aliphatic rings. The number of benzene rings is 3. The first-order chi connectivity index (χ1) is 22.1. The van der Waals surface area contributed by atoms with Crippen molar-refractivity contribution in [3.63, 3.8) is 0 Å². The van der Waals surface area contributed by atoms with Gasteiger partial charge in [0.25, 0.3) is 5.69 Å². The molecule has 0 bridgehead atoms. The van der Waals surface area contributed by atoms with Crippen LogP contribution >= 0.6 is 22.6 Å². The van der Waals surface area contributed by atoms with E-state index in [1.807, 2.05) is 49.4 Å². The van der Waals surface area contributed by atoms with Crippen LogP contribution in [0.4, 0.5) is 11.4 Å². The summed E-state index contributed by atoms with van der Waals surface area (Å²) in [5.41, 5.74) is 4.77. The number of fused-ring (bicyclic) bond motifs is 3. The topological polar surface area (TPSA) is 139 Å². The number of carbonyl (C=O) groups excluding carboxylic acids is 2. The molecule has 0 unspecified atom stereocenters. The summed E-state index contributed by atoms with van der Waals surface area (Å²) < 4.78 is 12.2. The fourth-order valence-electron chi connectivity index (χ4n) is 7.19. The van der Waals surface area contributed by atoms with Crippen LogP contribution in [0.2, 0.25) is 6.32 Å². The lowest BCUT2D eigenvalue weighted by molar-refractivity contribution is -0.384. The first-order valence-electron chi connectivity index (χ1n) is 15.0. The Kier molecular flexibility index (Phi) is 9.04. The van der Waals surface area contributed by atoms with E-state index in [4.69, 9.17) is 9.39 Å². The Morgan fingerprint density at radius 2 is 1.89 bits per heavy atom. The zero-order valence-electron chi connectivity index (χ0n) is 25.3. The molecule has 3 aromatic rings. The largest absolute Gasteiger partial charge is 0.504 e. The zero-order chi connectivity index (χ0) is 32.7. The summed E-state index contributed by atoms with van der Waals surface area (Å²) in [7, 11) is 0.391. The van der Waals surface area contributed by atoms with Crippen molar-refractivity contribution in [1.82, 2.24) is 0 Å². The molecule has 2 fully saturated rings. The van der Waals surface area contributed by atoms with Gasteiger partial charge in [0.2, 0.25) is 11.8 Å². The first-order valence-corrected chi connectivity index (χ1v) is 16.1. The van der Waals surface area contributed by atoms with Crippen molar-refractivity contribution in [3.8, 4) is 11.5 Å². The van der Waals surface area contributed by atoms with Crippen LogP contribution in [0, 0.1) is 31.4 Å². The maximum Gasteiger partial charge on any atom is 0.455 e. The quantitative estimate of drug-likeness (QED) is 0.0527. The standard InChI is InChI=1S/C34H32BIN2O8/c1-19-13-25-31(34(41)37(33(25)40)23-9-6-10-24(17-23)38(43)44)26-18-35(42)46-28(30(19)26)12-11-22(21-7-4-3-5-8-21)14-20-15-27(36)32(39)29(16-20)45-2/h3-10,14-17,25-26,28,31,39,42H,11-13,18H2,1-2H3/b22-14-/t25-,26+,28-,31-/m1/s1. The Hall–Kier alpha value is -4.01. The SMILES string of the molecule is COc1cc(/C=C(/CC[C@H]2OB(O)C[C@H]3C2=C(C)C[C@H]2C(=O)N(c4cccc([N+](=O)[O-])c4)C(=O)[C@H]23)c2ccccc2)cc(I)c1O. The van der Waals surface area contributed by atoms with Crippen molar-refractivity contribution in [1.29, 1.82) is 0 Å². The third kappa shape index (κ3) is 5.96. The summed E-state index contributed by atoms with van der Waals surface area (Å²) in [6.45, 7) is 1.96. The average Bonchev–Trinajstić information content (AvgIpc) is 3.29. The third-order valence-electron chi connectivity index (χ3n) is 9.18. The highest BCUT2D eigenvalue weighted by molar-refractivity contribution is 14.1. The summed E-state index contributed by atoms with van der Waals surface area (Å²) in [6.07, 6.45) is 3.21. The molecule has 0 aromatic heterocycles. The average molecular weight is 734 g/mol. The number of nitro groups is 1. The number of carbonyl (C=O) groups is 2. The molecule has 0 spiro atoms. The number of nitro benzene ring substituents is 1. The number of phenols is 1. The maximum atomic E-state index is 13.9. The number of halogens is 1. The molecule has 0 saturated carbocycles. The van der Waals surface area contributed by atoms with Gasteiger partial charge in [0.15, 0.2) is 11.5 Å². The van der Waals surface area contributed by atoms with Crippen LogP contribution in [0.3, 0.4) is 0 Å². The number of non-ortho nitro benzene ring substituents is 1. The predicted molar refractivity (Wildman–Crippen MR) is 182 cm³/mol. The van der Waals surface area contributed by atoms with E-state index in [2.05, 4.69) is 22.6 Å². The number of phenolic OH excluding ortho intramolecular Hbond substituents is 1. The maximum absolute atomic E-state index is 13.9. The van der Waals surface area contributed by atoms with E-state index in [0.717, 1.165) is 32.7 Å². The molecule has 3 aromatic carbocycles. The molecular formula is C34H32BIN2O8. The number of rotatable bonds is 8. The molecule has 12 heteroatoms. The van der Waals surface area contributed by atoms with E-state index in [0.29, 0.717) is 28.6 Å². The number of anilines is 1. The van der Waals surface area contributed by atoms with Crippen LogP contribution in [0.25, 0.3) is 11.6 Å². The summed E-state index contributed by atoms with van der Waals surface area (Å²) >= 11 is 2.07. The second-order valence-electron chi connectivity index (χ2n) is 11.9. The van der Waals surface area contributed by atoms with Crippen LogP contribution in [0.5, 0.6) is 11.5 Å². The number of imide groups is 1. The Labute approximate surface area is 280 Å². The number of amides is 2. The molecule has 236 valence electrons. The first kappa shape index (κ1) is 32.0. The lowest BCUT2D eigenvalue weighted by atomic mass is 9.58. The molecule has 10 nitrogen and oxygen atoms in total. The number of ether oxygens (including phenoxy) is 1. The van der Waals surface area contributed by atoms with Crippen LogP contribution < -0.4 is 9.64 Å². The summed E-state index contributed by atoms with van der Waals surface area (Å²) in [5.74, 6) is -2.03. The number of nitrogens with zero attached hydrogens (tertiary/aromatic N) is 2. The molecule has 2 aliphatic heterocycles. The predicted octanol–water partition coefficient (Wildman–Crippen LogP) is 6.26. The lowest BCUT2D eigenvalue weighted by Gasteiger charge is -2.42. The molecule has 4 atom stereocenters. The number of hydrogen-bond donors (Lipinski definition) is 2. The van der Waals surface area contributed by atoms with Gasteiger partial charge in [-0.05, 0) is 101 Å². The highest BCUT2D eigenvalue weighted by Gasteiger charge is 2.57. The van der Waals surface area contributed by atoms with Gasteiger partial charge in [0.05, 0.1) is 39.2 Å². The molecule has 2 amide bonds.